The lowest BCUT2D eigenvalue weighted by atomic mass is 10.1. The van der Waals surface area contributed by atoms with Crippen molar-refractivity contribution in [3.8, 4) is 5.75 Å². The maximum atomic E-state index is 12.2. The van der Waals surface area contributed by atoms with Crippen LogP contribution in [0, 0.1) is 5.92 Å². The van der Waals surface area contributed by atoms with E-state index in [2.05, 4.69) is 30.7 Å². The number of aromatic nitrogens is 1. The molecule has 0 amide bonds. The number of rotatable bonds is 8. The first-order valence-electron chi connectivity index (χ1n) is 8.46. The van der Waals surface area contributed by atoms with Gasteiger partial charge in [0.15, 0.2) is 0 Å². The quantitative estimate of drug-likeness (QED) is 0.721. The molecule has 0 spiro atoms. The zero-order valence-corrected chi connectivity index (χ0v) is 16.8. The Morgan fingerprint density at radius 1 is 1.20 bits per heavy atom. The van der Waals surface area contributed by atoms with Gasteiger partial charge in [0.25, 0.3) is 10.2 Å². The van der Waals surface area contributed by atoms with Gasteiger partial charge in [0.2, 0.25) is 0 Å². The van der Waals surface area contributed by atoms with Crippen LogP contribution in [0.5, 0.6) is 5.75 Å². The van der Waals surface area contributed by atoms with E-state index in [1.54, 1.807) is 28.3 Å². The molecular formula is C18H29N3O3S. The van der Waals surface area contributed by atoms with Crippen LogP contribution in [0.4, 0.5) is 0 Å². The molecule has 0 saturated carbocycles. The van der Waals surface area contributed by atoms with Crippen molar-refractivity contribution in [2.75, 3.05) is 34.8 Å². The first kappa shape index (κ1) is 19.8. The Morgan fingerprint density at radius 2 is 1.88 bits per heavy atom. The summed E-state index contributed by atoms with van der Waals surface area (Å²) < 4.78 is 34.6. The predicted octanol–water partition coefficient (Wildman–Crippen LogP) is 2.59. The highest BCUT2D eigenvalue weighted by atomic mass is 32.2. The fourth-order valence-corrected chi connectivity index (χ4v) is 3.77. The van der Waals surface area contributed by atoms with Crippen molar-refractivity contribution in [3.63, 3.8) is 0 Å². The summed E-state index contributed by atoms with van der Waals surface area (Å²) in [7, 11) is 3.00. The van der Waals surface area contributed by atoms with E-state index in [4.69, 9.17) is 4.74 Å². The number of nitrogens with zero attached hydrogens (tertiary/aromatic N) is 3. The number of fused-ring (bicyclic) bond motifs is 1. The molecule has 1 heterocycles. The van der Waals surface area contributed by atoms with Crippen molar-refractivity contribution in [3.05, 3.63) is 30.0 Å². The second-order valence-corrected chi connectivity index (χ2v) is 9.19. The Bertz CT molecular complexity index is 825. The van der Waals surface area contributed by atoms with E-state index in [1.165, 1.54) is 8.61 Å². The van der Waals surface area contributed by atoms with Crippen LogP contribution in [-0.4, -0.2) is 56.4 Å². The lowest BCUT2D eigenvalue weighted by Crippen LogP contribution is -2.38. The number of benzene rings is 1. The molecule has 2 rings (SSSR count). The summed E-state index contributed by atoms with van der Waals surface area (Å²) >= 11 is 0. The highest BCUT2D eigenvalue weighted by Crippen LogP contribution is 2.27. The topological polar surface area (TPSA) is 54.8 Å². The molecule has 0 saturated heterocycles. The molecule has 25 heavy (non-hydrogen) atoms. The summed E-state index contributed by atoms with van der Waals surface area (Å²) in [4.78, 5) is 0. The molecule has 7 heteroatoms. The van der Waals surface area contributed by atoms with Gasteiger partial charge in [0.1, 0.15) is 5.75 Å². The summed E-state index contributed by atoms with van der Waals surface area (Å²) in [5.74, 6) is 1.35. The van der Waals surface area contributed by atoms with Crippen LogP contribution < -0.4 is 4.74 Å². The predicted molar refractivity (Wildman–Crippen MR) is 102 cm³/mol. The van der Waals surface area contributed by atoms with E-state index in [-0.39, 0.29) is 0 Å². The van der Waals surface area contributed by atoms with E-state index < -0.39 is 10.2 Å². The fraction of sp³-hybridized carbons (Fsp3) is 0.556. The lowest BCUT2D eigenvalue weighted by Gasteiger charge is -2.21. The van der Waals surface area contributed by atoms with E-state index in [1.807, 2.05) is 12.1 Å². The van der Waals surface area contributed by atoms with Gasteiger partial charge in [-0.2, -0.15) is 17.0 Å². The molecular weight excluding hydrogens is 338 g/mol. The Morgan fingerprint density at radius 3 is 2.44 bits per heavy atom. The molecule has 0 radical (unpaired) electrons. The van der Waals surface area contributed by atoms with Gasteiger partial charge in [-0.25, -0.2) is 0 Å². The van der Waals surface area contributed by atoms with Gasteiger partial charge in [-0.3, -0.25) is 0 Å². The highest BCUT2D eigenvalue weighted by Gasteiger charge is 2.20. The normalized spacial score (nSPS) is 12.7. The molecule has 0 atom stereocenters. The molecule has 6 nitrogen and oxygen atoms in total. The molecule has 0 N–H and O–H groups in total. The van der Waals surface area contributed by atoms with E-state index in [9.17, 15) is 8.42 Å². The van der Waals surface area contributed by atoms with Crippen LogP contribution in [0.15, 0.2) is 24.4 Å². The summed E-state index contributed by atoms with van der Waals surface area (Å²) in [5.41, 5.74) is 2.28. The average molecular weight is 368 g/mol. The zero-order chi connectivity index (χ0) is 18.8. The molecule has 0 aliphatic carbocycles. The summed E-state index contributed by atoms with van der Waals surface area (Å²) in [5, 5.41) is 1.15. The molecule has 1 aromatic carbocycles. The van der Waals surface area contributed by atoms with Gasteiger partial charge in [-0.15, -0.1) is 0 Å². The van der Waals surface area contributed by atoms with Crippen molar-refractivity contribution in [2.45, 2.75) is 26.8 Å². The Kier molecular flexibility index (Phi) is 6.13. The van der Waals surface area contributed by atoms with Crippen molar-refractivity contribution >= 4 is 21.1 Å². The summed E-state index contributed by atoms with van der Waals surface area (Å²) in [6.07, 6.45) is 2.80. The number of hydrogen-bond acceptors (Lipinski definition) is 3. The molecule has 1 aromatic heterocycles. The maximum Gasteiger partial charge on any atom is 0.281 e. The fourth-order valence-electron chi connectivity index (χ4n) is 2.89. The number of hydrogen-bond donors (Lipinski definition) is 0. The van der Waals surface area contributed by atoms with Gasteiger partial charge in [0, 0.05) is 51.9 Å². The highest BCUT2D eigenvalue weighted by molar-refractivity contribution is 7.86. The SMILES string of the molecule is COc1ccc2c(CCN(C)S(=O)(=O)N(C)C)cn(CC(C)C)c2c1. The van der Waals surface area contributed by atoms with Gasteiger partial charge in [-0.05, 0) is 30.0 Å². The first-order chi connectivity index (χ1) is 11.7. The standard InChI is InChI=1S/C18H29N3O3S/c1-14(2)12-21-13-15(9-10-20(5)25(22,23)19(3)4)17-8-7-16(24-6)11-18(17)21/h7-8,11,13-14H,9-10,12H2,1-6H3. The van der Waals surface area contributed by atoms with Gasteiger partial charge < -0.3 is 9.30 Å². The third kappa shape index (κ3) is 4.34. The first-order valence-corrected chi connectivity index (χ1v) is 9.86. The third-order valence-electron chi connectivity index (χ3n) is 4.29. The zero-order valence-electron chi connectivity index (χ0n) is 16.0. The smallest absolute Gasteiger partial charge is 0.281 e. The monoisotopic (exact) mass is 367 g/mol. The molecule has 0 bridgehead atoms. The number of methoxy groups -OCH3 is 1. The number of likely N-dealkylation sites (N-methyl/N-ethyl adjacent to an activating group) is 1. The molecule has 0 fully saturated rings. The van der Waals surface area contributed by atoms with Crippen LogP contribution in [0.25, 0.3) is 10.9 Å². The van der Waals surface area contributed by atoms with E-state index >= 15 is 0 Å². The van der Waals surface area contributed by atoms with Gasteiger partial charge in [0.05, 0.1) is 12.6 Å². The second-order valence-electron chi connectivity index (χ2n) is 6.95. The van der Waals surface area contributed by atoms with Crippen molar-refractivity contribution < 1.29 is 13.2 Å². The second kappa shape index (κ2) is 7.76. The van der Waals surface area contributed by atoms with Gasteiger partial charge in [-0.1, -0.05) is 13.8 Å². The molecule has 0 aliphatic rings. The van der Waals surface area contributed by atoms with Crippen molar-refractivity contribution in [2.24, 2.45) is 5.92 Å². The Hall–Kier alpha value is -1.57. The van der Waals surface area contributed by atoms with Crippen LogP contribution in [0.3, 0.4) is 0 Å². The minimum atomic E-state index is -3.38. The Labute approximate surface area is 151 Å². The summed E-state index contributed by atoms with van der Waals surface area (Å²) in [6.45, 7) is 5.72. The summed E-state index contributed by atoms with van der Waals surface area (Å²) in [6, 6.07) is 6.05. The molecule has 2 aromatic rings. The molecule has 0 aliphatic heterocycles. The Balaban J connectivity index is 2.32. The van der Waals surface area contributed by atoms with Crippen molar-refractivity contribution in [1.29, 1.82) is 0 Å². The minimum Gasteiger partial charge on any atom is -0.497 e. The van der Waals surface area contributed by atoms with Crippen LogP contribution in [0.1, 0.15) is 19.4 Å². The van der Waals surface area contributed by atoms with Crippen molar-refractivity contribution in [1.82, 2.24) is 13.2 Å². The maximum absolute atomic E-state index is 12.2. The molecule has 140 valence electrons. The minimum absolute atomic E-state index is 0.438. The van der Waals surface area contributed by atoms with Crippen LogP contribution >= 0.6 is 0 Å². The molecule has 0 unspecified atom stereocenters. The number of ether oxygens (including phenoxy) is 1. The average Bonchev–Trinajstić information content (AvgIpc) is 2.88. The lowest BCUT2D eigenvalue weighted by molar-refractivity contribution is 0.415. The largest absolute Gasteiger partial charge is 0.497 e. The van der Waals surface area contributed by atoms with E-state index in [0.717, 1.165) is 28.8 Å². The van der Waals surface area contributed by atoms with Crippen LogP contribution in [-0.2, 0) is 23.2 Å². The van der Waals surface area contributed by atoms with Gasteiger partial charge >= 0.3 is 0 Å². The third-order valence-corrected chi connectivity index (χ3v) is 6.18. The van der Waals surface area contributed by atoms with E-state index in [0.29, 0.717) is 18.9 Å². The van der Waals surface area contributed by atoms with Crippen LogP contribution in [0.2, 0.25) is 0 Å².